The maximum atomic E-state index is 5.56. The Balaban J connectivity index is 2.19. The van der Waals surface area contributed by atoms with Gasteiger partial charge < -0.3 is 15.2 Å². The molecule has 1 aromatic carbocycles. The molecule has 100 valence electrons. The summed E-state index contributed by atoms with van der Waals surface area (Å²) in [6.07, 6.45) is 3.55. The van der Waals surface area contributed by atoms with Crippen molar-refractivity contribution in [3.63, 3.8) is 0 Å². The van der Waals surface area contributed by atoms with Crippen molar-refractivity contribution in [3.05, 3.63) is 29.8 Å². The lowest BCUT2D eigenvalue weighted by Gasteiger charge is -2.08. The Morgan fingerprint density at radius 3 is 2.78 bits per heavy atom. The molecule has 4 heteroatoms. The molecule has 0 atom stereocenters. The summed E-state index contributed by atoms with van der Waals surface area (Å²) in [5, 5.41) is 0. The van der Waals surface area contributed by atoms with Gasteiger partial charge in [0.15, 0.2) is 0 Å². The smallest absolute Gasteiger partial charge is 0.120 e. The molecule has 0 saturated heterocycles. The van der Waals surface area contributed by atoms with Crippen LogP contribution in [-0.2, 0) is 4.74 Å². The molecule has 18 heavy (non-hydrogen) atoms. The molecule has 0 bridgehead atoms. The van der Waals surface area contributed by atoms with E-state index in [2.05, 4.69) is 6.92 Å². The van der Waals surface area contributed by atoms with Gasteiger partial charge in [0.1, 0.15) is 17.3 Å². The normalized spacial score (nSPS) is 10.3. The van der Waals surface area contributed by atoms with E-state index >= 15 is 0 Å². The highest BCUT2D eigenvalue weighted by atomic mass is 32.1. The Labute approximate surface area is 114 Å². The molecule has 0 aliphatic rings. The van der Waals surface area contributed by atoms with Gasteiger partial charge in [-0.25, -0.2) is 0 Å². The lowest BCUT2D eigenvalue weighted by molar-refractivity contribution is 0.0973. The lowest BCUT2D eigenvalue weighted by Crippen LogP contribution is -2.10. The van der Waals surface area contributed by atoms with E-state index in [0.717, 1.165) is 24.3 Å². The van der Waals surface area contributed by atoms with E-state index < -0.39 is 0 Å². The molecular formula is C14H21NO2S. The fourth-order valence-electron chi connectivity index (χ4n) is 1.51. The first-order chi connectivity index (χ1) is 8.74. The van der Waals surface area contributed by atoms with E-state index in [9.17, 15) is 0 Å². The van der Waals surface area contributed by atoms with Gasteiger partial charge >= 0.3 is 0 Å². The van der Waals surface area contributed by atoms with Crippen LogP contribution < -0.4 is 10.5 Å². The molecule has 0 heterocycles. The minimum Gasteiger partial charge on any atom is -0.491 e. The van der Waals surface area contributed by atoms with Crippen molar-refractivity contribution < 1.29 is 9.47 Å². The summed E-state index contributed by atoms with van der Waals surface area (Å²) >= 11 is 4.91. The van der Waals surface area contributed by atoms with Crippen molar-refractivity contribution in [1.29, 1.82) is 0 Å². The minimum absolute atomic E-state index is 0.385. The molecule has 0 radical (unpaired) electrons. The van der Waals surface area contributed by atoms with Gasteiger partial charge in [-0.1, -0.05) is 44.1 Å². The molecule has 0 saturated carbocycles. The van der Waals surface area contributed by atoms with Crippen LogP contribution in [0.4, 0.5) is 0 Å². The van der Waals surface area contributed by atoms with E-state index in [4.69, 9.17) is 27.4 Å². The monoisotopic (exact) mass is 267 g/mol. The van der Waals surface area contributed by atoms with Crippen LogP contribution in [-0.4, -0.2) is 24.8 Å². The van der Waals surface area contributed by atoms with E-state index in [1.165, 1.54) is 12.8 Å². The number of thiocarbonyl (C=S) groups is 1. The van der Waals surface area contributed by atoms with E-state index in [1.807, 2.05) is 24.3 Å². The van der Waals surface area contributed by atoms with Crippen molar-refractivity contribution >= 4 is 17.2 Å². The fourth-order valence-corrected chi connectivity index (χ4v) is 1.64. The molecule has 0 fully saturated rings. The first-order valence-electron chi connectivity index (χ1n) is 6.34. The van der Waals surface area contributed by atoms with E-state index in [0.29, 0.717) is 18.2 Å². The zero-order valence-corrected chi connectivity index (χ0v) is 11.7. The Morgan fingerprint density at radius 2 is 2.06 bits per heavy atom. The second kappa shape index (κ2) is 8.89. The van der Waals surface area contributed by atoms with Crippen LogP contribution in [0.5, 0.6) is 5.75 Å². The molecule has 0 unspecified atom stereocenters. The lowest BCUT2D eigenvalue weighted by atomic mass is 10.2. The van der Waals surface area contributed by atoms with Gasteiger partial charge in [-0.15, -0.1) is 0 Å². The van der Waals surface area contributed by atoms with Crippen LogP contribution >= 0.6 is 12.2 Å². The Morgan fingerprint density at radius 1 is 1.22 bits per heavy atom. The largest absolute Gasteiger partial charge is 0.491 e. The maximum Gasteiger partial charge on any atom is 0.120 e. The molecule has 0 aromatic heterocycles. The number of hydrogen-bond acceptors (Lipinski definition) is 3. The third-order valence-electron chi connectivity index (χ3n) is 2.51. The average molecular weight is 267 g/mol. The van der Waals surface area contributed by atoms with Gasteiger partial charge in [-0.2, -0.15) is 0 Å². The van der Waals surface area contributed by atoms with Gasteiger partial charge in [0.25, 0.3) is 0 Å². The topological polar surface area (TPSA) is 44.5 Å². The highest BCUT2D eigenvalue weighted by molar-refractivity contribution is 7.80. The van der Waals surface area contributed by atoms with Gasteiger partial charge in [0, 0.05) is 12.2 Å². The van der Waals surface area contributed by atoms with Gasteiger partial charge in [-0.05, 0) is 18.6 Å². The van der Waals surface area contributed by atoms with Crippen molar-refractivity contribution in [3.8, 4) is 5.75 Å². The van der Waals surface area contributed by atoms with Crippen LogP contribution in [0.2, 0.25) is 0 Å². The maximum absolute atomic E-state index is 5.56. The SMILES string of the molecule is CCCCCOCCOc1cccc(C(N)=S)c1. The van der Waals surface area contributed by atoms with Crippen molar-refractivity contribution in [1.82, 2.24) is 0 Å². The molecule has 2 N–H and O–H groups in total. The third kappa shape index (κ3) is 5.98. The molecule has 1 aromatic rings. The summed E-state index contributed by atoms with van der Waals surface area (Å²) in [6.45, 7) is 4.15. The number of rotatable bonds is 9. The Bertz CT molecular complexity index is 369. The quantitative estimate of drug-likeness (QED) is 0.552. The number of nitrogens with two attached hydrogens (primary N) is 1. The summed E-state index contributed by atoms with van der Waals surface area (Å²) in [5.41, 5.74) is 6.38. The standard InChI is InChI=1S/C14H21NO2S/c1-2-3-4-8-16-9-10-17-13-7-5-6-12(11-13)14(15)18/h5-7,11H,2-4,8-10H2,1H3,(H2,15,18). The predicted octanol–water partition coefficient (Wildman–Crippen LogP) is 2.91. The number of ether oxygens (including phenoxy) is 2. The number of hydrogen-bond donors (Lipinski definition) is 1. The number of benzene rings is 1. The van der Waals surface area contributed by atoms with Crippen LogP contribution in [0.15, 0.2) is 24.3 Å². The fraction of sp³-hybridized carbons (Fsp3) is 0.500. The van der Waals surface area contributed by atoms with E-state index in [-0.39, 0.29) is 0 Å². The predicted molar refractivity (Wildman–Crippen MR) is 78.2 cm³/mol. The minimum atomic E-state index is 0.385. The van der Waals surface area contributed by atoms with Crippen molar-refractivity contribution in [2.75, 3.05) is 19.8 Å². The summed E-state index contributed by atoms with van der Waals surface area (Å²) in [6, 6.07) is 7.49. The van der Waals surface area contributed by atoms with Gasteiger partial charge in [0.05, 0.1) is 6.61 Å². The first-order valence-corrected chi connectivity index (χ1v) is 6.75. The van der Waals surface area contributed by atoms with E-state index in [1.54, 1.807) is 0 Å². The molecule has 0 spiro atoms. The second-order valence-corrected chi connectivity index (χ2v) is 4.50. The van der Waals surface area contributed by atoms with Gasteiger partial charge in [0.2, 0.25) is 0 Å². The van der Waals surface area contributed by atoms with Crippen LogP contribution in [0.1, 0.15) is 31.7 Å². The van der Waals surface area contributed by atoms with Crippen molar-refractivity contribution in [2.24, 2.45) is 5.73 Å². The zero-order valence-electron chi connectivity index (χ0n) is 10.9. The summed E-state index contributed by atoms with van der Waals surface area (Å²) < 4.78 is 11.0. The molecule has 0 aliphatic carbocycles. The van der Waals surface area contributed by atoms with Gasteiger partial charge in [-0.3, -0.25) is 0 Å². The average Bonchev–Trinajstić information content (AvgIpc) is 2.38. The second-order valence-electron chi connectivity index (χ2n) is 4.06. The molecule has 0 amide bonds. The van der Waals surface area contributed by atoms with Crippen LogP contribution in [0.25, 0.3) is 0 Å². The molecule has 1 rings (SSSR count). The highest BCUT2D eigenvalue weighted by Crippen LogP contribution is 2.13. The molecular weight excluding hydrogens is 246 g/mol. The highest BCUT2D eigenvalue weighted by Gasteiger charge is 1.99. The molecule has 3 nitrogen and oxygen atoms in total. The van der Waals surface area contributed by atoms with Crippen LogP contribution in [0.3, 0.4) is 0 Å². The van der Waals surface area contributed by atoms with Crippen LogP contribution in [0, 0.1) is 0 Å². The Hall–Kier alpha value is -1.13. The number of unbranched alkanes of at least 4 members (excludes halogenated alkanes) is 2. The first kappa shape index (κ1) is 14.9. The third-order valence-corrected chi connectivity index (χ3v) is 2.74. The summed E-state index contributed by atoms with van der Waals surface area (Å²) in [5.74, 6) is 0.775. The summed E-state index contributed by atoms with van der Waals surface area (Å²) in [7, 11) is 0. The summed E-state index contributed by atoms with van der Waals surface area (Å²) in [4.78, 5) is 0.385. The zero-order chi connectivity index (χ0) is 13.2. The van der Waals surface area contributed by atoms with Crippen molar-refractivity contribution in [2.45, 2.75) is 26.2 Å². The molecule has 0 aliphatic heterocycles. The Kier molecular flexibility index (Phi) is 7.37.